The molecule has 4 rings (SSSR count). The van der Waals surface area contributed by atoms with Gasteiger partial charge in [-0.15, -0.1) is 0 Å². The summed E-state index contributed by atoms with van der Waals surface area (Å²) in [4.78, 5) is 15.8. The van der Waals surface area contributed by atoms with Crippen molar-refractivity contribution in [2.24, 2.45) is 5.92 Å². The van der Waals surface area contributed by atoms with Gasteiger partial charge in [0, 0.05) is 17.9 Å². The molecule has 0 unspecified atom stereocenters. The molecule has 2 bridgehead atoms. The number of methoxy groups -OCH3 is 4. The van der Waals surface area contributed by atoms with Crippen LogP contribution in [0.25, 0.3) is 0 Å². The van der Waals surface area contributed by atoms with Crippen LogP contribution < -0.4 is 9.47 Å². The summed E-state index contributed by atoms with van der Waals surface area (Å²) in [6, 6.07) is 4.28. The van der Waals surface area contributed by atoms with Crippen LogP contribution in [0, 0.1) is 5.92 Å². The molecule has 1 fully saturated rings. The number of carbonyl (C=O) groups is 1. The van der Waals surface area contributed by atoms with E-state index in [9.17, 15) is 4.79 Å². The normalized spacial score (nSPS) is 29.7. The van der Waals surface area contributed by atoms with E-state index in [-0.39, 0.29) is 23.2 Å². The van der Waals surface area contributed by atoms with Crippen LogP contribution in [-0.4, -0.2) is 58.8 Å². The molecule has 1 saturated heterocycles. The second-order valence-corrected chi connectivity index (χ2v) is 7.70. The molecule has 0 radical (unpaired) electrons. The third-order valence-corrected chi connectivity index (χ3v) is 6.72. The van der Waals surface area contributed by atoms with Crippen molar-refractivity contribution in [1.29, 1.82) is 0 Å². The molecule has 2 aliphatic carbocycles. The zero-order valence-corrected chi connectivity index (χ0v) is 16.6. The number of hydrogen-bond donors (Lipinski definition) is 0. The largest absolute Gasteiger partial charge is 0.497 e. The highest BCUT2D eigenvalue weighted by molar-refractivity contribution is 5.99. The lowest BCUT2D eigenvalue weighted by molar-refractivity contribution is -0.133. The fourth-order valence-electron chi connectivity index (χ4n) is 5.42. The van der Waals surface area contributed by atoms with Crippen LogP contribution in [0.15, 0.2) is 23.7 Å². The van der Waals surface area contributed by atoms with Gasteiger partial charge in [-0.05, 0) is 49.7 Å². The first-order chi connectivity index (χ1) is 13.0. The third-order valence-electron chi connectivity index (χ3n) is 6.72. The van der Waals surface area contributed by atoms with E-state index in [1.54, 1.807) is 28.4 Å². The standard InChI is InChI=1S/C21H27NO5/c1-22-7-6-21-11-17(26-4)20(27-5)19(23)18(21)14(22)8-12-9-15(24-2)16(25-3)10-13(12)21/h9-10,14,18H,6-8,11H2,1-5H3/t14-,18-,21+/m1/s1. The van der Waals surface area contributed by atoms with Gasteiger partial charge in [0.15, 0.2) is 17.3 Å². The second kappa shape index (κ2) is 6.44. The molecule has 0 aromatic heterocycles. The Morgan fingerprint density at radius 1 is 1.04 bits per heavy atom. The van der Waals surface area contributed by atoms with Gasteiger partial charge in [0.1, 0.15) is 5.76 Å². The minimum absolute atomic E-state index is 0.0533. The number of fused-ring (bicyclic) bond motifs is 1. The lowest BCUT2D eigenvalue weighted by atomic mass is 9.52. The Kier molecular flexibility index (Phi) is 4.34. The van der Waals surface area contributed by atoms with E-state index in [0.717, 1.165) is 25.1 Å². The molecule has 1 heterocycles. The second-order valence-electron chi connectivity index (χ2n) is 7.70. The fourth-order valence-corrected chi connectivity index (χ4v) is 5.42. The van der Waals surface area contributed by atoms with Crippen molar-refractivity contribution < 1.29 is 23.7 Å². The van der Waals surface area contributed by atoms with Crippen molar-refractivity contribution in [3.63, 3.8) is 0 Å². The van der Waals surface area contributed by atoms with Crippen LogP contribution in [0.1, 0.15) is 24.0 Å². The Balaban J connectivity index is 1.96. The molecule has 3 aliphatic rings. The minimum Gasteiger partial charge on any atom is -0.497 e. The van der Waals surface area contributed by atoms with Gasteiger partial charge < -0.3 is 23.8 Å². The molecule has 27 heavy (non-hydrogen) atoms. The minimum atomic E-state index is -0.297. The summed E-state index contributed by atoms with van der Waals surface area (Å²) in [5.41, 5.74) is 2.12. The Morgan fingerprint density at radius 3 is 2.37 bits per heavy atom. The maximum atomic E-state index is 13.5. The van der Waals surface area contributed by atoms with E-state index in [0.29, 0.717) is 23.7 Å². The summed E-state index contributed by atoms with van der Waals surface area (Å²) in [5, 5.41) is 0. The highest BCUT2D eigenvalue weighted by Crippen LogP contribution is 2.57. The van der Waals surface area contributed by atoms with Gasteiger partial charge in [0.2, 0.25) is 5.78 Å². The summed E-state index contributed by atoms with van der Waals surface area (Å²) in [5.74, 6) is 2.36. The average molecular weight is 373 g/mol. The monoisotopic (exact) mass is 373 g/mol. The van der Waals surface area contributed by atoms with Gasteiger partial charge in [0.25, 0.3) is 0 Å². The maximum Gasteiger partial charge on any atom is 0.206 e. The molecular formula is C21H27NO5. The molecule has 6 heteroatoms. The lowest BCUT2D eigenvalue weighted by Gasteiger charge is -2.57. The van der Waals surface area contributed by atoms with Crippen LogP contribution >= 0.6 is 0 Å². The Morgan fingerprint density at radius 2 is 1.74 bits per heavy atom. The van der Waals surface area contributed by atoms with E-state index in [2.05, 4.69) is 24.1 Å². The SMILES string of the molecule is COC1=C(OC)C(=O)[C@H]2[C@H]3Cc4cc(OC)c(OC)cc4[C@]2(CCN3C)C1. The summed E-state index contributed by atoms with van der Waals surface area (Å²) < 4.78 is 22.2. The Hall–Kier alpha value is -2.21. The first-order valence-corrected chi connectivity index (χ1v) is 9.31. The van der Waals surface area contributed by atoms with E-state index in [1.165, 1.54) is 11.1 Å². The van der Waals surface area contributed by atoms with Crippen LogP contribution in [0.2, 0.25) is 0 Å². The van der Waals surface area contributed by atoms with E-state index >= 15 is 0 Å². The number of Topliss-reactive ketones (excluding diaryl/α,β-unsaturated/α-hetero) is 1. The zero-order chi connectivity index (χ0) is 19.3. The predicted octanol–water partition coefficient (Wildman–Crippen LogP) is 2.30. The fraction of sp³-hybridized carbons (Fsp3) is 0.571. The molecule has 0 N–H and O–H groups in total. The van der Waals surface area contributed by atoms with Crippen molar-refractivity contribution in [2.75, 3.05) is 42.0 Å². The number of ketones is 1. The molecule has 1 aromatic rings. The van der Waals surface area contributed by atoms with Gasteiger partial charge in [0.05, 0.1) is 34.4 Å². The number of piperidine rings is 1. The van der Waals surface area contributed by atoms with Crippen LogP contribution in [0.3, 0.4) is 0 Å². The number of likely N-dealkylation sites (N-methyl/N-ethyl adjacent to an activating group) is 1. The quantitative estimate of drug-likeness (QED) is 0.807. The number of nitrogens with zero attached hydrogens (tertiary/aromatic N) is 1. The molecule has 0 spiro atoms. The number of likely N-dealkylation sites (tertiary alicyclic amines) is 1. The summed E-state index contributed by atoms with van der Waals surface area (Å²) in [7, 11) is 8.57. The van der Waals surface area contributed by atoms with Crippen molar-refractivity contribution in [1.82, 2.24) is 4.90 Å². The van der Waals surface area contributed by atoms with Gasteiger partial charge >= 0.3 is 0 Å². The van der Waals surface area contributed by atoms with E-state index in [4.69, 9.17) is 18.9 Å². The molecule has 146 valence electrons. The van der Waals surface area contributed by atoms with Gasteiger partial charge in [-0.1, -0.05) is 0 Å². The number of hydrogen-bond acceptors (Lipinski definition) is 6. The average Bonchev–Trinajstić information content (AvgIpc) is 2.69. The Labute approximate surface area is 160 Å². The lowest BCUT2D eigenvalue weighted by Crippen LogP contribution is -2.63. The highest BCUT2D eigenvalue weighted by Gasteiger charge is 2.59. The van der Waals surface area contributed by atoms with E-state index < -0.39 is 0 Å². The van der Waals surface area contributed by atoms with Crippen molar-refractivity contribution in [2.45, 2.75) is 30.7 Å². The maximum absolute atomic E-state index is 13.5. The van der Waals surface area contributed by atoms with Gasteiger partial charge in [-0.25, -0.2) is 0 Å². The third kappa shape index (κ3) is 2.39. The predicted molar refractivity (Wildman–Crippen MR) is 100 cm³/mol. The van der Waals surface area contributed by atoms with Crippen LogP contribution in [-0.2, 0) is 26.1 Å². The van der Waals surface area contributed by atoms with Crippen LogP contribution in [0.5, 0.6) is 11.5 Å². The first kappa shape index (κ1) is 18.2. The Bertz CT molecular complexity index is 817. The number of benzene rings is 1. The van der Waals surface area contributed by atoms with Gasteiger partial charge in [-0.2, -0.15) is 0 Å². The summed E-state index contributed by atoms with van der Waals surface area (Å²) >= 11 is 0. The molecule has 3 atom stereocenters. The molecule has 1 aliphatic heterocycles. The molecule has 0 saturated carbocycles. The number of ether oxygens (including phenoxy) is 4. The first-order valence-electron chi connectivity index (χ1n) is 9.31. The summed E-state index contributed by atoms with van der Waals surface area (Å²) in [6.07, 6.45) is 2.36. The molecule has 6 nitrogen and oxygen atoms in total. The van der Waals surface area contributed by atoms with Crippen molar-refractivity contribution in [3.05, 3.63) is 34.8 Å². The number of rotatable bonds is 4. The van der Waals surface area contributed by atoms with Crippen molar-refractivity contribution in [3.8, 4) is 11.5 Å². The summed E-state index contributed by atoms with van der Waals surface area (Å²) in [6.45, 7) is 0.946. The van der Waals surface area contributed by atoms with Crippen molar-refractivity contribution >= 4 is 5.78 Å². The number of carbonyl (C=O) groups excluding carboxylic acids is 1. The smallest absolute Gasteiger partial charge is 0.206 e. The molecular weight excluding hydrogens is 346 g/mol. The molecule has 1 aromatic carbocycles. The van der Waals surface area contributed by atoms with Crippen LogP contribution in [0.4, 0.5) is 0 Å². The molecule has 0 amide bonds. The topological polar surface area (TPSA) is 57.2 Å². The van der Waals surface area contributed by atoms with Gasteiger partial charge in [-0.3, -0.25) is 4.79 Å². The van der Waals surface area contributed by atoms with E-state index in [1.807, 2.05) is 0 Å². The number of allylic oxidation sites excluding steroid dienone is 2. The highest BCUT2D eigenvalue weighted by atomic mass is 16.5. The zero-order valence-electron chi connectivity index (χ0n) is 16.6.